The van der Waals surface area contributed by atoms with Crippen molar-refractivity contribution in [3.63, 3.8) is 0 Å². The Morgan fingerprint density at radius 1 is 0.463 bits per heavy atom. The van der Waals surface area contributed by atoms with E-state index in [-0.39, 0.29) is 21.1 Å². The van der Waals surface area contributed by atoms with E-state index >= 15 is 0 Å². The summed E-state index contributed by atoms with van der Waals surface area (Å²) in [7, 11) is 0. The van der Waals surface area contributed by atoms with Gasteiger partial charge in [-0.1, -0.05) is 121 Å². The van der Waals surface area contributed by atoms with E-state index in [1.54, 1.807) is 0 Å². The van der Waals surface area contributed by atoms with Gasteiger partial charge >= 0.3 is 21.1 Å². The van der Waals surface area contributed by atoms with Crippen molar-refractivity contribution in [1.29, 1.82) is 0 Å². The van der Waals surface area contributed by atoms with Gasteiger partial charge in [-0.25, -0.2) is 0 Å². The second kappa shape index (κ2) is 16.6. The first kappa shape index (κ1) is 38.7. The van der Waals surface area contributed by atoms with E-state index in [4.69, 9.17) is 10.2 Å². The van der Waals surface area contributed by atoms with Crippen LogP contribution in [0, 0.1) is 12.1 Å². The molecule has 0 unspecified atom stereocenters. The summed E-state index contributed by atoms with van der Waals surface area (Å²) in [4.78, 5) is 2.19. The summed E-state index contributed by atoms with van der Waals surface area (Å²) < 4.78 is 3.88. The Kier molecular flexibility index (Phi) is 11.9. The monoisotopic (exact) mass is 890 g/mol. The van der Waals surface area contributed by atoms with Gasteiger partial charge in [0.25, 0.3) is 0 Å². The van der Waals surface area contributed by atoms with Gasteiger partial charge in [-0.2, -0.15) is 22.3 Å². The van der Waals surface area contributed by atoms with Crippen LogP contribution in [0.15, 0.2) is 128 Å². The van der Waals surface area contributed by atoms with Gasteiger partial charge in [0.15, 0.2) is 0 Å². The number of hydrogen-bond donors (Lipinski definition) is 0. The van der Waals surface area contributed by atoms with Gasteiger partial charge in [0.05, 0.1) is 12.4 Å². The first-order valence-electron chi connectivity index (χ1n) is 18.9. The van der Waals surface area contributed by atoms with E-state index < -0.39 is 0 Å². The third-order valence-electron chi connectivity index (χ3n) is 10.0. The molecule has 0 aliphatic rings. The molecule has 0 aliphatic heterocycles. The Morgan fingerprint density at radius 2 is 0.833 bits per heavy atom. The van der Waals surface area contributed by atoms with Crippen molar-refractivity contribution in [2.75, 3.05) is 4.90 Å². The van der Waals surface area contributed by atoms with Crippen molar-refractivity contribution in [2.24, 2.45) is 0 Å². The number of nitrogens with zero attached hydrogens (tertiary/aromatic N) is 5. The molecule has 54 heavy (non-hydrogen) atoms. The fraction of sp³-hybridized carbons (Fsp3) is 0.250. The number of rotatable bonds is 11. The van der Waals surface area contributed by atoms with E-state index in [9.17, 15) is 0 Å². The van der Waals surface area contributed by atoms with E-state index in [0.29, 0.717) is 23.7 Å². The second-order valence-electron chi connectivity index (χ2n) is 15.1. The topological polar surface area (TPSA) is 38.9 Å². The van der Waals surface area contributed by atoms with Crippen molar-refractivity contribution < 1.29 is 21.1 Å². The normalized spacial score (nSPS) is 11.5. The molecule has 0 fully saturated rings. The summed E-state index contributed by atoms with van der Waals surface area (Å²) in [5.74, 6) is 1.59. The van der Waals surface area contributed by atoms with Crippen molar-refractivity contribution in [1.82, 2.24) is 19.6 Å². The largest absolute Gasteiger partial charge is 2.00 e. The Hall–Kier alpha value is -4.99. The summed E-state index contributed by atoms with van der Waals surface area (Å²) >= 11 is 0. The Labute approximate surface area is 336 Å². The number of hydrogen-bond acceptors (Lipinski definition) is 3. The molecule has 2 aromatic heterocycles. The van der Waals surface area contributed by atoms with Crippen LogP contribution < -0.4 is 4.90 Å². The summed E-state index contributed by atoms with van der Waals surface area (Å²) in [6.45, 7) is 18.1. The molecule has 0 saturated heterocycles. The van der Waals surface area contributed by atoms with Crippen molar-refractivity contribution in [2.45, 2.75) is 79.1 Å². The van der Waals surface area contributed by atoms with Crippen LogP contribution in [0.25, 0.3) is 33.6 Å². The fourth-order valence-electron chi connectivity index (χ4n) is 7.34. The molecular formula is C48H49N5Pt. The summed E-state index contributed by atoms with van der Waals surface area (Å²) in [5.41, 5.74) is 14.7. The van der Waals surface area contributed by atoms with Crippen LogP contribution in [0.5, 0.6) is 0 Å². The Balaban J connectivity index is 0.00000497. The van der Waals surface area contributed by atoms with Crippen LogP contribution in [0.1, 0.15) is 101 Å². The first-order chi connectivity index (χ1) is 25.6. The van der Waals surface area contributed by atoms with Crippen LogP contribution in [-0.4, -0.2) is 19.6 Å². The van der Waals surface area contributed by atoms with Gasteiger partial charge in [0.1, 0.15) is 0 Å². The molecular weight excluding hydrogens is 842 g/mol. The smallest absolute Gasteiger partial charge is 0.358 e. The minimum Gasteiger partial charge on any atom is -0.358 e. The third kappa shape index (κ3) is 7.79. The molecule has 0 bridgehead atoms. The summed E-state index contributed by atoms with van der Waals surface area (Å²) in [6, 6.07) is 43.6. The van der Waals surface area contributed by atoms with Gasteiger partial charge in [0, 0.05) is 29.2 Å². The van der Waals surface area contributed by atoms with Gasteiger partial charge < -0.3 is 4.90 Å². The van der Waals surface area contributed by atoms with Crippen LogP contribution >= 0.6 is 0 Å². The SMILES string of the molecule is CC(C)c1cccc(C(C)C)c1-c1cnn(-c2[c-]c(N(c3[c-]c(-n4cc(-c5c(C(C)C)cccc5C(C)C)cn4)ccc3)c3ccccc3)ccc2)c1.[Pt+2]. The predicted molar refractivity (Wildman–Crippen MR) is 220 cm³/mol. The molecule has 0 spiro atoms. The molecule has 0 saturated carbocycles. The van der Waals surface area contributed by atoms with Crippen molar-refractivity contribution in [3.8, 4) is 33.6 Å². The van der Waals surface area contributed by atoms with Crippen LogP contribution in [0.3, 0.4) is 0 Å². The van der Waals surface area contributed by atoms with E-state index in [2.05, 4.69) is 182 Å². The molecule has 5 nitrogen and oxygen atoms in total. The molecule has 0 amide bonds. The molecule has 6 heteroatoms. The zero-order chi connectivity index (χ0) is 37.2. The molecule has 0 atom stereocenters. The number of aromatic nitrogens is 4. The number of para-hydroxylation sites is 1. The van der Waals surface area contributed by atoms with Gasteiger partial charge in [-0.15, -0.1) is 36.4 Å². The van der Waals surface area contributed by atoms with E-state index in [1.165, 1.54) is 33.4 Å². The second-order valence-corrected chi connectivity index (χ2v) is 15.1. The molecule has 7 aromatic rings. The summed E-state index contributed by atoms with van der Waals surface area (Å²) in [6.07, 6.45) is 8.25. The van der Waals surface area contributed by atoms with E-state index in [0.717, 1.165) is 39.6 Å². The van der Waals surface area contributed by atoms with Gasteiger partial charge in [-0.3, -0.25) is 9.36 Å². The minimum absolute atomic E-state index is 0. The maximum absolute atomic E-state index is 4.87. The standard InChI is InChI=1S/C48H49N5.Pt/c1-32(2)43-22-14-23-44(33(3)4)47(43)36-28-49-51(30-36)39-18-12-20-41(26-39)53(38-16-10-9-11-17-38)42-21-13-19-40(27-42)52-31-37(29-50-52)48-45(34(5)6)24-15-25-46(48)35(7)8;/h9-25,28-35H,1-8H3;/q-2;+2. The predicted octanol–water partition coefficient (Wildman–Crippen LogP) is 13.0. The minimum atomic E-state index is 0. The zero-order valence-corrected chi connectivity index (χ0v) is 34.8. The first-order valence-corrected chi connectivity index (χ1v) is 18.9. The van der Waals surface area contributed by atoms with Crippen LogP contribution in [0.2, 0.25) is 0 Å². The fourth-order valence-corrected chi connectivity index (χ4v) is 7.34. The average Bonchev–Trinajstić information content (AvgIpc) is 3.86. The number of benzene rings is 5. The Morgan fingerprint density at radius 3 is 1.20 bits per heavy atom. The number of anilines is 3. The molecule has 0 N–H and O–H groups in total. The van der Waals surface area contributed by atoms with Crippen molar-refractivity contribution >= 4 is 17.1 Å². The molecule has 5 aromatic carbocycles. The maximum atomic E-state index is 4.87. The molecule has 0 aliphatic carbocycles. The zero-order valence-electron chi connectivity index (χ0n) is 32.5. The molecule has 276 valence electrons. The third-order valence-corrected chi connectivity index (χ3v) is 10.0. The average molecular weight is 891 g/mol. The van der Waals surface area contributed by atoms with Gasteiger partial charge in [-0.05, 0) is 80.6 Å². The van der Waals surface area contributed by atoms with Gasteiger partial charge in [0.2, 0.25) is 0 Å². The maximum Gasteiger partial charge on any atom is 2.00 e. The van der Waals surface area contributed by atoms with Crippen LogP contribution in [0.4, 0.5) is 17.1 Å². The molecule has 2 heterocycles. The van der Waals surface area contributed by atoms with Crippen LogP contribution in [-0.2, 0) is 21.1 Å². The summed E-state index contributed by atoms with van der Waals surface area (Å²) in [5, 5.41) is 9.74. The molecule has 0 radical (unpaired) electrons. The van der Waals surface area contributed by atoms with Crippen molar-refractivity contribution in [3.05, 3.63) is 162 Å². The van der Waals surface area contributed by atoms with E-state index in [1.807, 2.05) is 27.8 Å². The molecule has 7 rings (SSSR count). The Bertz CT molecular complexity index is 2130. The quantitative estimate of drug-likeness (QED) is 0.121.